The van der Waals surface area contributed by atoms with Crippen LogP contribution in [-0.2, 0) is 10.0 Å². The summed E-state index contributed by atoms with van der Waals surface area (Å²) >= 11 is 0. The van der Waals surface area contributed by atoms with Gasteiger partial charge < -0.3 is 10.2 Å². The van der Waals surface area contributed by atoms with Crippen molar-refractivity contribution in [2.24, 2.45) is 0 Å². The standard InChI is InChI=1S/C12H22N4O2S/c1-4-13-12-10-11(6-8-14-12)19(17,18)15-7-5-9-16(2)3/h6,8,10,15H,4-5,7,9H2,1-3H3,(H,13,14). The van der Waals surface area contributed by atoms with E-state index in [1.54, 1.807) is 0 Å². The Morgan fingerprint density at radius 1 is 1.37 bits per heavy atom. The summed E-state index contributed by atoms with van der Waals surface area (Å²) in [5, 5.41) is 2.99. The highest BCUT2D eigenvalue weighted by Crippen LogP contribution is 2.12. The Kier molecular flexibility index (Phi) is 6.20. The average molecular weight is 286 g/mol. The minimum atomic E-state index is -3.45. The topological polar surface area (TPSA) is 74.3 Å². The second-order valence-electron chi connectivity index (χ2n) is 4.46. The fourth-order valence-corrected chi connectivity index (χ4v) is 2.63. The SMILES string of the molecule is CCNc1cc(S(=O)(=O)NCCCN(C)C)ccn1. The molecule has 0 bridgehead atoms. The predicted molar refractivity (Wildman–Crippen MR) is 76.8 cm³/mol. The van der Waals surface area contributed by atoms with E-state index in [1.807, 2.05) is 25.9 Å². The Morgan fingerprint density at radius 3 is 2.74 bits per heavy atom. The first kappa shape index (κ1) is 15.9. The van der Waals surface area contributed by atoms with Gasteiger partial charge in [0.25, 0.3) is 0 Å². The fraction of sp³-hybridized carbons (Fsp3) is 0.583. The van der Waals surface area contributed by atoms with E-state index in [1.165, 1.54) is 18.3 Å². The molecule has 6 nitrogen and oxygen atoms in total. The highest BCUT2D eigenvalue weighted by molar-refractivity contribution is 7.89. The molecule has 0 aliphatic carbocycles. The molecular weight excluding hydrogens is 264 g/mol. The molecule has 0 saturated carbocycles. The minimum Gasteiger partial charge on any atom is -0.370 e. The van der Waals surface area contributed by atoms with Gasteiger partial charge in [-0.25, -0.2) is 18.1 Å². The smallest absolute Gasteiger partial charge is 0.240 e. The first-order chi connectivity index (χ1) is 8.95. The molecule has 0 spiro atoms. The van der Waals surface area contributed by atoms with Crippen LogP contribution in [0.2, 0.25) is 0 Å². The second kappa shape index (κ2) is 7.42. The van der Waals surface area contributed by atoms with Gasteiger partial charge in [0.2, 0.25) is 10.0 Å². The molecule has 2 N–H and O–H groups in total. The molecule has 19 heavy (non-hydrogen) atoms. The fourth-order valence-electron chi connectivity index (χ4n) is 1.54. The molecule has 0 amide bonds. The lowest BCUT2D eigenvalue weighted by Gasteiger charge is -2.11. The van der Waals surface area contributed by atoms with E-state index in [-0.39, 0.29) is 4.90 Å². The van der Waals surface area contributed by atoms with E-state index in [2.05, 4.69) is 15.0 Å². The maximum Gasteiger partial charge on any atom is 0.240 e. The van der Waals surface area contributed by atoms with Crippen molar-refractivity contribution in [2.75, 3.05) is 39.0 Å². The van der Waals surface area contributed by atoms with Crippen LogP contribution in [0.5, 0.6) is 0 Å². The zero-order valence-electron chi connectivity index (χ0n) is 11.7. The Bertz CT molecular complexity index is 488. The summed E-state index contributed by atoms with van der Waals surface area (Å²) in [6.45, 7) is 3.91. The van der Waals surface area contributed by atoms with Crippen LogP contribution in [0.25, 0.3) is 0 Å². The van der Waals surface area contributed by atoms with Crippen molar-refractivity contribution in [3.05, 3.63) is 18.3 Å². The molecule has 0 saturated heterocycles. The monoisotopic (exact) mass is 286 g/mol. The lowest BCUT2D eigenvalue weighted by molar-refractivity contribution is 0.400. The number of nitrogens with zero attached hydrogens (tertiary/aromatic N) is 2. The summed E-state index contributed by atoms with van der Waals surface area (Å²) < 4.78 is 26.7. The number of rotatable bonds is 8. The van der Waals surface area contributed by atoms with Crippen molar-refractivity contribution in [2.45, 2.75) is 18.2 Å². The summed E-state index contributed by atoms with van der Waals surface area (Å²) in [4.78, 5) is 6.31. The number of nitrogens with one attached hydrogen (secondary N) is 2. The number of aromatic nitrogens is 1. The molecule has 0 fully saturated rings. The highest BCUT2D eigenvalue weighted by Gasteiger charge is 2.13. The molecule has 0 unspecified atom stereocenters. The second-order valence-corrected chi connectivity index (χ2v) is 6.23. The Morgan fingerprint density at radius 2 is 2.11 bits per heavy atom. The van der Waals surface area contributed by atoms with Gasteiger partial charge in [-0.15, -0.1) is 0 Å². The summed E-state index contributed by atoms with van der Waals surface area (Å²) in [5.41, 5.74) is 0. The molecule has 0 aliphatic rings. The molecule has 0 aromatic carbocycles. The first-order valence-corrected chi connectivity index (χ1v) is 7.78. The molecular formula is C12H22N4O2S. The van der Waals surface area contributed by atoms with Crippen LogP contribution in [0.15, 0.2) is 23.2 Å². The molecule has 0 atom stereocenters. The minimum absolute atomic E-state index is 0.239. The third-order valence-corrected chi connectivity index (χ3v) is 3.93. The van der Waals surface area contributed by atoms with Gasteiger partial charge in [-0.05, 0) is 40.1 Å². The van der Waals surface area contributed by atoms with Crippen LogP contribution in [0.1, 0.15) is 13.3 Å². The lowest BCUT2D eigenvalue weighted by Crippen LogP contribution is -2.27. The van der Waals surface area contributed by atoms with Crippen molar-refractivity contribution in [3.63, 3.8) is 0 Å². The van der Waals surface area contributed by atoms with E-state index in [4.69, 9.17) is 0 Å². The molecule has 7 heteroatoms. The van der Waals surface area contributed by atoms with Crippen molar-refractivity contribution < 1.29 is 8.42 Å². The number of pyridine rings is 1. The lowest BCUT2D eigenvalue weighted by atomic mass is 10.4. The highest BCUT2D eigenvalue weighted by atomic mass is 32.2. The molecule has 1 aromatic heterocycles. The molecule has 1 heterocycles. The zero-order valence-corrected chi connectivity index (χ0v) is 12.5. The van der Waals surface area contributed by atoms with Gasteiger partial charge in [0.1, 0.15) is 5.82 Å². The predicted octanol–water partition coefficient (Wildman–Crippen LogP) is 0.743. The summed E-state index contributed by atoms with van der Waals surface area (Å²) in [6, 6.07) is 3.03. The molecule has 108 valence electrons. The maximum absolute atomic E-state index is 12.1. The van der Waals surface area contributed by atoms with E-state index in [0.717, 1.165) is 13.0 Å². The molecule has 0 aliphatic heterocycles. The van der Waals surface area contributed by atoms with E-state index < -0.39 is 10.0 Å². The van der Waals surface area contributed by atoms with Gasteiger partial charge in [-0.1, -0.05) is 0 Å². The van der Waals surface area contributed by atoms with Gasteiger partial charge in [0.15, 0.2) is 0 Å². The largest absolute Gasteiger partial charge is 0.370 e. The summed E-state index contributed by atoms with van der Waals surface area (Å²) in [6.07, 6.45) is 2.27. The van der Waals surface area contributed by atoms with Crippen molar-refractivity contribution in [3.8, 4) is 0 Å². The number of hydrogen-bond acceptors (Lipinski definition) is 5. The Hall–Kier alpha value is -1.18. The maximum atomic E-state index is 12.1. The normalized spacial score (nSPS) is 11.8. The van der Waals surface area contributed by atoms with Crippen LogP contribution >= 0.6 is 0 Å². The Balaban J connectivity index is 2.63. The van der Waals surface area contributed by atoms with Crippen molar-refractivity contribution in [1.82, 2.24) is 14.6 Å². The molecule has 1 aromatic rings. The van der Waals surface area contributed by atoms with Crippen LogP contribution in [-0.4, -0.2) is 52.0 Å². The average Bonchev–Trinajstić information content (AvgIpc) is 2.35. The first-order valence-electron chi connectivity index (χ1n) is 6.30. The van der Waals surface area contributed by atoms with Gasteiger partial charge in [0.05, 0.1) is 4.90 Å². The van der Waals surface area contributed by atoms with Crippen LogP contribution in [0.4, 0.5) is 5.82 Å². The number of anilines is 1. The van der Waals surface area contributed by atoms with Gasteiger partial charge in [0, 0.05) is 25.4 Å². The van der Waals surface area contributed by atoms with Crippen LogP contribution in [0.3, 0.4) is 0 Å². The third-order valence-electron chi connectivity index (χ3n) is 2.47. The van der Waals surface area contributed by atoms with E-state index in [9.17, 15) is 8.42 Å². The Labute approximate surface area is 115 Å². The molecule has 0 radical (unpaired) electrons. The van der Waals surface area contributed by atoms with Crippen molar-refractivity contribution in [1.29, 1.82) is 0 Å². The summed E-state index contributed by atoms with van der Waals surface area (Å²) in [7, 11) is 0.469. The number of hydrogen-bond donors (Lipinski definition) is 2. The van der Waals surface area contributed by atoms with E-state index >= 15 is 0 Å². The third kappa shape index (κ3) is 5.54. The zero-order chi connectivity index (χ0) is 14.3. The van der Waals surface area contributed by atoms with Gasteiger partial charge in [-0.2, -0.15) is 0 Å². The van der Waals surface area contributed by atoms with Gasteiger partial charge in [-0.3, -0.25) is 0 Å². The van der Waals surface area contributed by atoms with Crippen LogP contribution < -0.4 is 10.0 Å². The van der Waals surface area contributed by atoms with Gasteiger partial charge >= 0.3 is 0 Å². The van der Waals surface area contributed by atoms with Crippen molar-refractivity contribution >= 4 is 15.8 Å². The molecule has 1 rings (SSSR count). The quantitative estimate of drug-likeness (QED) is 0.690. The van der Waals surface area contributed by atoms with Crippen LogP contribution in [0, 0.1) is 0 Å². The number of sulfonamides is 1. The van der Waals surface area contributed by atoms with E-state index in [0.29, 0.717) is 18.9 Å². The summed E-state index contributed by atoms with van der Waals surface area (Å²) in [5.74, 6) is 0.568.